The fourth-order valence-corrected chi connectivity index (χ4v) is 3.50. The summed E-state index contributed by atoms with van der Waals surface area (Å²) in [5.74, 6) is -0.200. The van der Waals surface area contributed by atoms with E-state index in [1.807, 2.05) is 49.6 Å². The van der Waals surface area contributed by atoms with Crippen molar-refractivity contribution in [3.63, 3.8) is 0 Å². The molecule has 0 bridgehead atoms. The lowest BCUT2D eigenvalue weighted by atomic mass is 10.2. The SMILES string of the molecule is Cn1cc(/C=N\NC(=O)c2ccc(N3CCCC3)cc2)c2ccccc21. The molecule has 26 heavy (non-hydrogen) atoms. The molecule has 1 N–H and O–H groups in total. The number of nitrogens with one attached hydrogen (secondary N) is 1. The van der Waals surface area contributed by atoms with Gasteiger partial charge in [-0.05, 0) is 43.2 Å². The molecule has 1 amide bonds. The van der Waals surface area contributed by atoms with Gasteiger partial charge in [-0.25, -0.2) is 5.43 Å². The third kappa shape index (κ3) is 3.20. The summed E-state index contributed by atoms with van der Waals surface area (Å²) in [6.45, 7) is 2.20. The molecule has 0 radical (unpaired) electrons. The molecular weight excluding hydrogens is 324 g/mol. The molecule has 0 aliphatic carbocycles. The molecule has 3 aromatic rings. The minimum absolute atomic E-state index is 0.200. The van der Waals surface area contributed by atoms with Gasteiger partial charge < -0.3 is 9.47 Å². The maximum atomic E-state index is 12.3. The number of nitrogens with zero attached hydrogens (tertiary/aromatic N) is 3. The number of benzene rings is 2. The second-order valence-corrected chi connectivity index (χ2v) is 6.65. The van der Waals surface area contributed by atoms with E-state index in [-0.39, 0.29) is 5.91 Å². The number of carbonyl (C=O) groups excluding carboxylic acids is 1. The van der Waals surface area contributed by atoms with E-state index in [4.69, 9.17) is 0 Å². The van der Waals surface area contributed by atoms with Crippen LogP contribution in [0.4, 0.5) is 5.69 Å². The zero-order valence-corrected chi connectivity index (χ0v) is 14.9. The van der Waals surface area contributed by atoms with Crippen molar-refractivity contribution in [2.24, 2.45) is 12.1 Å². The summed E-state index contributed by atoms with van der Waals surface area (Å²) in [6.07, 6.45) is 6.18. The standard InChI is InChI=1S/C21H22N4O/c1-24-15-17(19-6-2-3-7-20(19)24)14-22-23-21(26)16-8-10-18(11-9-16)25-12-4-5-13-25/h2-3,6-11,14-15H,4-5,12-13H2,1H3,(H,23,26)/b22-14-. The number of fused-ring (bicyclic) bond motifs is 1. The number of para-hydroxylation sites is 1. The molecule has 132 valence electrons. The number of aryl methyl sites for hydroxylation is 1. The Morgan fingerprint density at radius 2 is 1.81 bits per heavy atom. The number of rotatable bonds is 4. The van der Waals surface area contributed by atoms with Gasteiger partial charge in [0, 0.05) is 54.1 Å². The van der Waals surface area contributed by atoms with E-state index in [0.717, 1.165) is 29.6 Å². The van der Waals surface area contributed by atoms with Crippen LogP contribution in [-0.2, 0) is 7.05 Å². The van der Waals surface area contributed by atoms with Crippen LogP contribution >= 0.6 is 0 Å². The van der Waals surface area contributed by atoms with Crippen molar-refractivity contribution < 1.29 is 4.79 Å². The molecule has 1 fully saturated rings. The lowest BCUT2D eigenvalue weighted by molar-refractivity contribution is 0.0955. The second-order valence-electron chi connectivity index (χ2n) is 6.65. The Hall–Kier alpha value is -3.08. The van der Waals surface area contributed by atoms with E-state index in [1.165, 1.54) is 18.5 Å². The summed E-state index contributed by atoms with van der Waals surface area (Å²) in [5, 5.41) is 5.25. The van der Waals surface area contributed by atoms with Crippen molar-refractivity contribution in [2.75, 3.05) is 18.0 Å². The van der Waals surface area contributed by atoms with E-state index in [2.05, 4.69) is 32.1 Å². The van der Waals surface area contributed by atoms with Gasteiger partial charge in [0.2, 0.25) is 0 Å². The highest BCUT2D eigenvalue weighted by atomic mass is 16.2. The molecule has 2 aromatic carbocycles. The van der Waals surface area contributed by atoms with E-state index < -0.39 is 0 Å². The van der Waals surface area contributed by atoms with Gasteiger partial charge in [-0.15, -0.1) is 0 Å². The average molecular weight is 346 g/mol. The fourth-order valence-electron chi connectivity index (χ4n) is 3.50. The first kappa shape index (κ1) is 16.4. The average Bonchev–Trinajstić information content (AvgIpc) is 3.31. The Labute approximate surface area is 152 Å². The van der Waals surface area contributed by atoms with Crippen LogP contribution in [0.2, 0.25) is 0 Å². The molecule has 1 aromatic heterocycles. The summed E-state index contributed by atoms with van der Waals surface area (Å²) in [5.41, 5.74) is 6.53. The fraction of sp³-hybridized carbons (Fsp3) is 0.238. The predicted octanol–water partition coefficient (Wildman–Crippen LogP) is 3.54. The topological polar surface area (TPSA) is 49.6 Å². The zero-order chi connectivity index (χ0) is 17.9. The van der Waals surface area contributed by atoms with Crippen molar-refractivity contribution in [3.05, 3.63) is 65.9 Å². The first-order valence-electron chi connectivity index (χ1n) is 8.95. The summed E-state index contributed by atoms with van der Waals surface area (Å²) in [4.78, 5) is 14.6. The predicted molar refractivity (Wildman–Crippen MR) is 106 cm³/mol. The van der Waals surface area contributed by atoms with Gasteiger partial charge in [0.15, 0.2) is 0 Å². The number of anilines is 1. The molecule has 1 aliphatic rings. The number of hydrogen-bond donors (Lipinski definition) is 1. The van der Waals surface area contributed by atoms with Crippen molar-refractivity contribution >= 4 is 28.7 Å². The molecule has 1 saturated heterocycles. The lowest BCUT2D eigenvalue weighted by Crippen LogP contribution is -2.19. The molecule has 0 saturated carbocycles. The van der Waals surface area contributed by atoms with Crippen molar-refractivity contribution in [3.8, 4) is 0 Å². The van der Waals surface area contributed by atoms with Crippen molar-refractivity contribution in [1.82, 2.24) is 9.99 Å². The van der Waals surface area contributed by atoms with Crippen LogP contribution in [0.15, 0.2) is 59.8 Å². The quantitative estimate of drug-likeness (QED) is 0.580. The first-order chi connectivity index (χ1) is 12.7. The molecule has 5 heteroatoms. The zero-order valence-electron chi connectivity index (χ0n) is 14.9. The van der Waals surface area contributed by atoms with E-state index in [1.54, 1.807) is 6.21 Å². The number of amides is 1. The molecule has 5 nitrogen and oxygen atoms in total. The van der Waals surface area contributed by atoms with Gasteiger partial charge >= 0.3 is 0 Å². The van der Waals surface area contributed by atoms with Crippen LogP contribution in [0.3, 0.4) is 0 Å². The van der Waals surface area contributed by atoms with Gasteiger partial charge in [0.05, 0.1) is 6.21 Å². The highest BCUT2D eigenvalue weighted by molar-refractivity contribution is 6.00. The number of carbonyl (C=O) groups is 1. The maximum absolute atomic E-state index is 12.3. The number of aromatic nitrogens is 1. The highest BCUT2D eigenvalue weighted by Gasteiger charge is 2.13. The molecule has 0 unspecified atom stereocenters. The molecule has 1 aliphatic heterocycles. The van der Waals surface area contributed by atoms with Crippen molar-refractivity contribution in [1.29, 1.82) is 0 Å². The second kappa shape index (κ2) is 7.04. The molecule has 4 rings (SSSR count). The minimum Gasteiger partial charge on any atom is -0.372 e. The summed E-state index contributed by atoms with van der Waals surface area (Å²) in [7, 11) is 2.00. The van der Waals surface area contributed by atoms with Crippen LogP contribution in [-0.4, -0.2) is 29.8 Å². The van der Waals surface area contributed by atoms with Crippen LogP contribution < -0.4 is 10.3 Å². The lowest BCUT2D eigenvalue weighted by Gasteiger charge is -2.17. The Balaban J connectivity index is 1.43. The van der Waals surface area contributed by atoms with Crippen LogP contribution in [0.1, 0.15) is 28.8 Å². The van der Waals surface area contributed by atoms with E-state index in [9.17, 15) is 4.79 Å². The molecule has 0 spiro atoms. The van der Waals surface area contributed by atoms with Gasteiger partial charge in [-0.2, -0.15) is 5.10 Å². The largest absolute Gasteiger partial charge is 0.372 e. The monoisotopic (exact) mass is 346 g/mol. The van der Waals surface area contributed by atoms with Crippen LogP contribution in [0, 0.1) is 0 Å². The third-order valence-electron chi connectivity index (χ3n) is 4.90. The van der Waals surface area contributed by atoms with Crippen LogP contribution in [0.5, 0.6) is 0 Å². The van der Waals surface area contributed by atoms with E-state index in [0.29, 0.717) is 5.56 Å². The number of hydrogen-bond acceptors (Lipinski definition) is 3. The Kier molecular flexibility index (Phi) is 4.44. The van der Waals surface area contributed by atoms with Gasteiger partial charge in [0.25, 0.3) is 5.91 Å². The Morgan fingerprint density at radius 3 is 2.58 bits per heavy atom. The normalized spacial score (nSPS) is 14.4. The van der Waals surface area contributed by atoms with Crippen LogP contribution in [0.25, 0.3) is 10.9 Å². The third-order valence-corrected chi connectivity index (χ3v) is 4.90. The van der Waals surface area contributed by atoms with Gasteiger partial charge in [-0.1, -0.05) is 18.2 Å². The smallest absolute Gasteiger partial charge is 0.271 e. The maximum Gasteiger partial charge on any atom is 0.271 e. The van der Waals surface area contributed by atoms with Gasteiger partial charge in [-0.3, -0.25) is 4.79 Å². The molecule has 2 heterocycles. The summed E-state index contributed by atoms with van der Waals surface area (Å²) < 4.78 is 2.05. The van der Waals surface area contributed by atoms with Crippen molar-refractivity contribution in [2.45, 2.75) is 12.8 Å². The molecule has 0 atom stereocenters. The first-order valence-corrected chi connectivity index (χ1v) is 8.95. The molecular formula is C21H22N4O. The summed E-state index contributed by atoms with van der Waals surface area (Å²) >= 11 is 0. The van der Waals surface area contributed by atoms with Gasteiger partial charge in [0.1, 0.15) is 0 Å². The minimum atomic E-state index is -0.200. The Bertz CT molecular complexity index is 950. The van der Waals surface area contributed by atoms with E-state index >= 15 is 0 Å². The number of hydrazone groups is 1. The highest BCUT2D eigenvalue weighted by Crippen LogP contribution is 2.20. The Morgan fingerprint density at radius 1 is 1.08 bits per heavy atom. The summed E-state index contributed by atoms with van der Waals surface area (Å²) in [6, 6.07) is 15.9.